The monoisotopic (exact) mass is 206 g/mol. The van der Waals surface area contributed by atoms with Crippen molar-refractivity contribution >= 4 is 0 Å². The number of aromatic nitrogens is 2. The average Bonchev–Trinajstić information content (AvgIpc) is 1.99. The third kappa shape index (κ3) is 3.29. The minimum atomic E-state index is -4.32. The third-order valence-corrected chi connectivity index (χ3v) is 1.47. The molecule has 0 aliphatic heterocycles. The van der Waals surface area contributed by atoms with E-state index in [-0.39, 0.29) is 18.1 Å². The number of hydrogen-bond donors (Lipinski definition) is 1. The molecular weight excluding hydrogens is 197 g/mol. The maximum atomic E-state index is 12.0. The van der Waals surface area contributed by atoms with Crippen molar-refractivity contribution in [2.45, 2.75) is 26.1 Å². The highest BCUT2D eigenvalue weighted by molar-refractivity contribution is 5.09. The van der Waals surface area contributed by atoms with Gasteiger partial charge < -0.3 is 5.11 Å². The summed E-state index contributed by atoms with van der Waals surface area (Å²) in [6.07, 6.45) is -5.48. The summed E-state index contributed by atoms with van der Waals surface area (Å²) in [6.45, 7) is 1.18. The molecule has 0 atom stereocenters. The molecule has 0 radical (unpaired) electrons. The number of aryl methyl sites for hydroxylation is 1. The predicted molar refractivity (Wildman–Crippen MR) is 42.5 cm³/mol. The van der Waals surface area contributed by atoms with E-state index in [1.165, 1.54) is 6.07 Å². The number of nitrogens with zero attached hydrogens (tertiary/aromatic N) is 2. The van der Waals surface area contributed by atoms with Crippen LogP contribution in [-0.2, 0) is 13.0 Å². The number of aliphatic hydroxyl groups excluding tert-OH is 1. The second-order valence-electron chi connectivity index (χ2n) is 2.87. The number of halogens is 3. The second-order valence-corrected chi connectivity index (χ2v) is 2.87. The topological polar surface area (TPSA) is 46.0 Å². The molecule has 0 amide bonds. The molecule has 0 fully saturated rings. The summed E-state index contributed by atoms with van der Waals surface area (Å²) in [6, 6.07) is 1.44. The smallest absolute Gasteiger partial charge is 0.390 e. The van der Waals surface area contributed by atoms with Gasteiger partial charge in [-0.15, -0.1) is 0 Å². The summed E-state index contributed by atoms with van der Waals surface area (Å²) < 4.78 is 35.9. The van der Waals surface area contributed by atoms with Crippen molar-refractivity contribution in [1.82, 2.24) is 9.97 Å². The van der Waals surface area contributed by atoms with Gasteiger partial charge in [0.1, 0.15) is 12.2 Å². The Morgan fingerprint density at radius 3 is 2.50 bits per heavy atom. The van der Waals surface area contributed by atoms with Crippen LogP contribution in [-0.4, -0.2) is 21.3 Å². The molecule has 0 bridgehead atoms. The fourth-order valence-corrected chi connectivity index (χ4v) is 1.04. The van der Waals surface area contributed by atoms with Gasteiger partial charge in [-0.2, -0.15) is 13.2 Å². The Labute approximate surface area is 78.6 Å². The third-order valence-electron chi connectivity index (χ3n) is 1.47. The molecular formula is C8H9F3N2O. The van der Waals surface area contributed by atoms with Crippen LogP contribution in [0, 0.1) is 6.92 Å². The van der Waals surface area contributed by atoms with Gasteiger partial charge in [0, 0.05) is 5.69 Å². The van der Waals surface area contributed by atoms with E-state index in [4.69, 9.17) is 5.11 Å². The lowest BCUT2D eigenvalue weighted by Gasteiger charge is -2.06. The number of aliphatic hydroxyl groups is 1. The first-order valence-electron chi connectivity index (χ1n) is 3.92. The summed E-state index contributed by atoms with van der Waals surface area (Å²) in [5.41, 5.74) is 0.625. The minimum Gasteiger partial charge on any atom is -0.390 e. The molecule has 0 aliphatic rings. The minimum absolute atomic E-state index is 0.205. The lowest BCUT2D eigenvalue weighted by atomic mass is 10.3. The molecule has 0 aliphatic carbocycles. The van der Waals surface area contributed by atoms with E-state index in [1.807, 2.05) is 0 Å². The molecule has 3 nitrogen and oxygen atoms in total. The van der Waals surface area contributed by atoms with Crippen LogP contribution in [0.2, 0.25) is 0 Å². The predicted octanol–water partition coefficient (Wildman–Crippen LogP) is 1.38. The molecule has 1 aromatic rings. The Bertz CT molecular complexity index is 325. The largest absolute Gasteiger partial charge is 0.396 e. The van der Waals surface area contributed by atoms with Crippen molar-refractivity contribution in [3.63, 3.8) is 0 Å². The van der Waals surface area contributed by atoms with Crippen LogP contribution < -0.4 is 0 Å². The fourth-order valence-electron chi connectivity index (χ4n) is 1.04. The Hall–Kier alpha value is -1.17. The van der Waals surface area contributed by atoms with Gasteiger partial charge in [0.15, 0.2) is 0 Å². The molecule has 1 rings (SSSR count). The van der Waals surface area contributed by atoms with Crippen molar-refractivity contribution in [3.05, 3.63) is 23.3 Å². The molecule has 0 spiro atoms. The summed E-state index contributed by atoms with van der Waals surface area (Å²) in [5.74, 6) is -0.304. The van der Waals surface area contributed by atoms with E-state index >= 15 is 0 Å². The van der Waals surface area contributed by atoms with E-state index in [1.54, 1.807) is 6.92 Å². The van der Waals surface area contributed by atoms with Crippen LogP contribution in [0.5, 0.6) is 0 Å². The molecule has 0 unspecified atom stereocenters. The Balaban J connectivity index is 2.92. The summed E-state index contributed by atoms with van der Waals surface area (Å²) in [7, 11) is 0. The quantitative estimate of drug-likeness (QED) is 0.795. The molecule has 1 N–H and O–H groups in total. The van der Waals surface area contributed by atoms with Crippen molar-refractivity contribution in [3.8, 4) is 0 Å². The molecule has 0 aromatic carbocycles. The summed E-state index contributed by atoms with van der Waals surface area (Å²) in [5, 5.41) is 8.71. The number of rotatable bonds is 2. The first-order valence-corrected chi connectivity index (χ1v) is 3.92. The van der Waals surface area contributed by atoms with E-state index in [2.05, 4.69) is 9.97 Å². The van der Waals surface area contributed by atoms with Gasteiger partial charge in [-0.3, -0.25) is 0 Å². The first-order chi connectivity index (χ1) is 6.40. The van der Waals surface area contributed by atoms with Crippen molar-refractivity contribution in [2.24, 2.45) is 0 Å². The van der Waals surface area contributed by atoms with Crippen molar-refractivity contribution < 1.29 is 18.3 Å². The molecule has 78 valence electrons. The maximum Gasteiger partial charge on any atom is 0.396 e. The lowest BCUT2D eigenvalue weighted by molar-refractivity contribution is -0.128. The Morgan fingerprint density at radius 2 is 2.00 bits per heavy atom. The molecule has 1 heterocycles. The molecule has 6 heteroatoms. The van der Waals surface area contributed by atoms with Gasteiger partial charge >= 0.3 is 6.18 Å². The van der Waals surface area contributed by atoms with E-state index < -0.39 is 12.6 Å². The van der Waals surface area contributed by atoms with Crippen LogP contribution in [0.3, 0.4) is 0 Å². The molecule has 0 saturated heterocycles. The van der Waals surface area contributed by atoms with Gasteiger partial charge in [-0.05, 0) is 13.0 Å². The Morgan fingerprint density at radius 1 is 1.36 bits per heavy atom. The molecule has 1 aromatic heterocycles. The van der Waals surface area contributed by atoms with Crippen LogP contribution >= 0.6 is 0 Å². The van der Waals surface area contributed by atoms with Crippen LogP contribution in [0.15, 0.2) is 6.07 Å². The van der Waals surface area contributed by atoms with Gasteiger partial charge in [-0.25, -0.2) is 9.97 Å². The van der Waals surface area contributed by atoms with Crippen LogP contribution in [0.25, 0.3) is 0 Å². The van der Waals surface area contributed by atoms with Crippen molar-refractivity contribution in [1.29, 1.82) is 0 Å². The molecule has 14 heavy (non-hydrogen) atoms. The maximum absolute atomic E-state index is 12.0. The Kier molecular flexibility index (Phi) is 3.05. The lowest BCUT2D eigenvalue weighted by Crippen LogP contribution is -2.15. The fraction of sp³-hybridized carbons (Fsp3) is 0.500. The zero-order valence-electron chi connectivity index (χ0n) is 7.47. The van der Waals surface area contributed by atoms with E-state index in [0.717, 1.165) is 0 Å². The normalized spacial score (nSPS) is 11.8. The SMILES string of the molecule is Cc1cc(CO)nc(CC(F)(F)F)n1. The zero-order chi connectivity index (χ0) is 10.8. The van der Waals surface area contributed by atoms with Gasteiger partial charge in [0.05, 0.1) is 12.3 Å². The van der Waals surface area contributed by atoms with Gasteiger partial charge in [0.2, 0.25) is 0 Å². The van der Waals surface area contributed by atoms with E-state index in [0.29, 0.717) is 5.69 Å². The standard InChI is InChI=1S/C8H9F3N2O/c1-5-2-6(4-14)13-7(12-5)3-8(9,10)11/h2,14H,3-4H2,1H3. The van der Waals surface area contributed by atoms with Gasteiger partial charge in [-0.1, -0.05) is 0 Å². The zero-order valence-corrected chi connectivity index (χ0v) is 7.47. The average molecular weight is 206 g/mol. The highest BCUT2D eigenvalue weighted by atomic mass is 19.4. The number of hydrogen-bond acceptors (Lipinski definition) is 3. The van der Waals surface area contributed by atoms with Crippen LogP contribution in [0.1, 0.15) is 17.2 Å². The van der Waals surface area contributed by atoms with E-state index in [9.17, 15) is 13.2 Å². The second kappa shape index (κ2) is 3.91. The van der Waals surface area contributed by atoms with Gasteiger partial charge in [0.25, 0.3) is 0 Å². The highest BCUT2D eigenvalue weighted by Crippen LogP contribution is 2.19. The first kappa shape index (κ1) is 10.9. The van der Waals surface area contributed by atoms with Crippen molar-refractivity contribution in [2.75, 3.05) is 0 Å². The number of alkyl halides is 3. The summed E-state index contributed by atoms with van der Waals surface area (Å²) in [4.78, 5) is 7.18. The highest BCUT2D eigenvalue weighted by Gasteiger charge is 2.29. The summed E-state index contributed by atoms with van der Waals surface area (Å²) >= 11 is 0. The van der Waals surface area contributed by atoms with Crippen LogP contribution in [0.4, 0.5) is 13.2 Å². The molecule has 0 saturated carbocycles.